The van der Waals surface area contributed by atoms with Gasteiger partial charge in [-0.05, 0) is 92.1 Å². The van der Waals surface area contributed by atoms with E-state index in [1.54, 1.807) is 12.1 Å². The Hall–Kier alpha value is -2.75. The summed E-state index contributed by atoms with van der Waals surface area (Å²) in [5.41, 5.74) is 7.66. The third-order valence-electron chi connectivity index (χ3n) is 7.63. The highest BCUT2D eigenvalue weighted by molar-refractivity contribution is 7.89. The number of anilines is 2. The van der Waals surface area contributed by atoms with Gasteiger partial charge in [0, 0.05) is 25.0 Å². The van der Waals surface area contributed by atoms with E-state index in [0.29, 0.717) is 35.8 Å². The second-order valence-corrected chi connectivity index (χ2v) is 13.5. The maximum absolute atomic E-state index is 12.8. The lowest BCUT2D eigenvalue weighted by Gasteiger charge is -2.28. The van der Waals surface area contributed by atoms with Crippen LogP contribution in [0.25, 0.3) is 10.9 Å². The molecule has 9 heteroatoms. The number of para-hydroxylation sites is 1. The summed E-state index contributed by atoms with van der Waals surface area (Å²) in [6, 6.07) is 15.3. The normalized spacial score (nSPS) is 18.3. The first-order valence-electron chi connectivity index (χ1n) is 14.2. The number of fused-ring (bicyclic) bond motifs is 1. The van der Waals surface area contributed by atoms with Gasteiger partial charge in [0.2, 0.25) is 16.0 Å². The summed E-state index contributed by atoms with van der Waals surface area (Å²) < 4.78 is 28.5. The van der Waals surface area contributed by atoms with Gasteiger partial charge in [-0.3, -0.25) is 0 Å². The molecule has 212 valence electrons. The Bertz CT molecular complexity index is 1310. The average Bonchev–Trinajstić information content (AvgIpc) is 2.93. The number of hydrogen-bond acceptors (Lipinski definition) is 7. The van der Waals surface area contributed by atoms with Gasteiger partial charge in [-0.15, -0.1) is 0 Å². The van der Waals surface area contributed by atoms with Gasteiger partial charge in [-0.1, -0.05) is 45.0 Å². The smallest absolute Gasteiger partial charge is 0.240 e. The molecule has 1 fully saturated rings. The molecule has 1 aromatic heterocycles. The molecule has 1 aliphatic rings. The number of rotatable bonds is 12. The molecule has 0 amide bonds. The van der Waals surface area contributed by atoms with Crippen LogP contribution in [0.2, 0.25) is 0 Å². The molecule has 0 spiro atoms. The predicted octanol–water partition coefficient (Wildman–Crippen LogP) is 5.27. The molecule has 0 atom stereocenters. The van der Waals surface area contributed by atoms with Crippen molar-refractivity contribution in [3.63, 3.8) is 0 Å². The fourth-order valence-electron chi connectivity index (χ4n) is 5.09. The lowest BCUT2D eigenvalue weighted by molar-refractivity contribution is 0.284. The summed E-state index contributed by atoms with van der Waals surface area (Å²) in [6.45, 7) is 9.17. The first-order chi connectivity index (χ1) is 18.7. The van der Waals surface area contributed by atoms with Gasteiger partial charge in [0.05, 0.1) is 10.4 Å². The van der Waals surface area contributed by atoms with Gasteiger partial charge in [0.1, 0.15) is 5.82 Å². The van der Waals surface area contributed by atoms with Gasteiger partial charge < -0.3 is 16.4 Å². The molecular formula is C30H44N6O2S. The van der Waals surface area contributed by atoms with Crippen LogP contribution >= 0.6 is 0 Å². The number of nitrogens with zero attached hydrogens (tertiary/aromatic N) is 2. The van der Waals surface area contributed by atoms with Crippen molar-refractivity contribution in [2.24, 2.45) is 17.6 Å². The molecule has 39 heavy (non-hydrogen) atoms. The second-order valence-electron chi connectivity index (χ2n) is 11.7. The van der Waals surface area contributed by atoms with E-state index >= 15 is 0 Å². The minimum absolute atomic E-state index is 0.00669. The van der Waals surface area contributed by atoms with E-state index in [4.69, 9.17) is 15.7 Å². The SMILES string of the molecule is CC(C)(C)c1ccc(S(=O)(=O)NCC2CCC(CNc3nc(NCCCCN)c4ccccc4n3)CC2)cc1. The molecule has 0 saturated heterocycles. The Morgan fingerprint density at radius 2 is 1.54 bits per heavy atom. The van der Waals surface area contributed by atoms with Gasteiger partial charge in [-0.2, -0.15) is 4.98 Å². The second kappa shape index (κ2) is 13.1. The fraction of sp³-hybridized carbons (Fsp3) is 0.533. The number of nitrogens with two attached hydrogens (primary N) is 1. The maximum Gasteiger partial charge on any atom is 0.240 e. The minimum Gasteiger partial charge on any atom is -0.369 e. The van der Waals surface area contributed by atoms with Crippen molar-refractivity contribution in [1.82, 2.24) is 14.7 Å². The molecule has 0 unspecified atom stereocenters. The summed E-state index contributed by atoms with van der Waals surface area (Å²) in [5.74, 6) is 2.36. The molecule has 1 aliphatic carbocycles. The summed E-state index contributed by atoms with van der Waals surface area (Å²) in [5, 5.41) is 7.93. The molecule has 0 aliphatic heterocycles. The monoisotopic (exact) mass is 552 g/mol. The van der Waals surface area contributed by atoms with E-state index < -0.39 is 10.0 Å². The fourth-order valence-corrected chi connectivity index (χ4v) is 6.20. The zero-order valence-electron chi connectivity index (χ0n) is 23.5. The third kappa shape index (κ3) is 8.13. The Balaban J connectivity index is 1.26. The zero-order valence-corrected chi connectivity index (χ0v) is 24.4. The summed E-state index contributed by atoms with van der Waals surface area (Å²) in [4.78, 5) is 9.82. The van der Waals surface area contributed by atoms with Crippen LogP contribution in [0.4, 0.5) is 11.8 Å². The van der Waals surface area contributed by atoms with Crippen LogP contribution in [0.15, 0.2) is 53.4 Å². The molecule has 0 bridgehead atoms. The number of hydrogen-bond donors (Lipinski definition) is 4. The molecule has 3 aromatic rings. The zero-order chi connectivity index (χ0) is 27.9. The Kier molecular flexibility index (Phi) is 9.80. The minimum atomic E-state index is -3.50. The van der Waals surface area contributed by atoms with Gasteiger partial charge in [0.15, 0.2) is 0 Å². The molecular weight excluding hydrogens is 508 g/mol. The topological polar surface area (TPSA) is 122 Å². The largest absolute Gasteiger partial charge is 0.369 e. The average molecular weight is 553 g/mol. The van der Waals surface area contributed by atoms with E-state index in [0.717, 1.165) is 73.9 Å². The van der Waals surface area contributed by atoms with Crippen LogP contribution < -0.4 is 21.1 Å². The number of benzene rings is 2. The highest BCUT2D eigenvalue weighted by Crippen LogP contribution is 2.30. The molecule has 0 radical (unpaired) electrons. The summed E-state index contributed by atoms with van der Waals surface area (Å²) >= 11 is 0. The quantitative estimate of drug-likeness (QED) is 0.226. The lowest BCUT2D eigenvalue weighted by Crippen LogP contribution is -2.32. The summed E-state index contributed by atoms with van der Waals surface area (Å²) in [7, 11) is -3.50. The molecule has 2 aromatic carbocycles. The first-order valence-corrected chi connectivity index (χ1v) is 15.7. The molecule has 1 heterocycles. The van der Waals surface area contributed by atoms with E-state index in [1.807, 2.05) is 36.4 Å². The predicted molar refractivity (Wildman–Crippen MR) is 161 cm³/mol. The molecule has 4 rings (SSSR count). The highest BCUT2D eigenvalue weighted by atomic mass is 32.2. The van der Waals surface area contributed by atoms with E-state index in [9.17, 15) is 8.42 Å². The van der Waals surface area contributed by atoms with Gasteiger partial charge >= 0.3 is 0 Å². The highest BCUT2D eigenvalue weighted by Gasteiger charge is 2.24. The first kappa shape index (κ1) is 29.2. The maximum atomic E-state index is 12.8. The lowest BCUT2D eigenvalue weighted by atomic mass is 9.82. The third-order valence-corrected chi connectivity index (χ3v) is 9.07. The van der Waals surface area contributed by atoms with E-state index in [1.165, 1.54) is 0 Å². The summed E-state index contributed by atoms with van der Waals surface area (Å²) in [6.07, 6.45) is 6.10. The Morgan fingerprint density at radius 3 is 2.21 bits per heavy atom. The van der Waals surface area contributed by atoms with Crippen LogP contribution in [-0.2, 0) is 15.4 Å². The number of unbranched alkanes of at least 4 members (excludes halogenated alkanes) is 1. The molecule has 1 saturated carbocycles. The molecule has 8 nitrogen and oxygen atoms in total. The van der Waals surface area contributed by atoms with Crippen molar-refractivity contribution in [1.29, 1.82) is 0 Å². The Labute approximate surface area is 233 Å². The van der Waals surface area contributed by atoms with Crippen molar-refractivity contribution in [3.05, 3.63) is 54.1 Å². The van der Waals surface area contributed by atoms with Crippen LogP contribution in [-0.4, -0.2) is 44.6 Å². The van der Waals surface area contributed by atoms with E-state index in [-0.39, 0.29) is 5.41 Å². The number of sulfonamides is 1. The van der Waals surface area contributed by atoms with Crippen LogP contribution in [0, 0.1) is 11.8 Å². The standard InChI is InChI=1S/C30H44N6O2S/c1-30(2,3)24-14-16-25(17-15-24)39(37,38)34-21-23-12-10-22(11-13-23)20-33-29-35-27-9-5-4-8-26(27)28(36-29)32-19-7-6-18-31/h4-5,8-9,14-17,22-23,34H,6-7,10-13,18-21,31H2,1-3H3,(H2,32,33,35,36). The van der Waals surface area contributed by atoms with Crippen LogP contribution in [0.5, 0.6) is 0 Å². The van der Waals surface area contributed by atoms with Gasteiger partial charge in [-0.25, -0.2) is 18.1 Å². The van der Waals surface area contributed by atoms with Crippen molar-refractivity contribution in [2.75, 3.05) is 36.8 Å². The van der Waals surface area contributed by atoms with E-state index in [2.05, 4.69) is 36.1 Å². The van der Waals surface area contributed by atoms with Crippen molar-refractivity contribution in [3.8, 4) is 0 Å². The van der Waals surface area contributed by atoms with Crippen LogP contribution in [0.3, 0.4) is 0 Å². The number of nitrogens with one attached hydrogen (secondary N) is 3. The van der Waals surface area contributed by atoms with Crippen molar-refractivity contribution < 1.29 is 8.42 Å². The Morgan fingerprint density at radius 1 is 0.872 bits per heavy atom. The molecule has 5 N–H and O–H groups in total. The van der Waals surface area contributed by atoms with Crippen LogP contribution in [0.1, 0.15) is 64.9 Å². The van der Waals surface area contributed by atoms with Crippen molar-refractivity contribution in [2.45, 2.75) is 69.6 Å². The number of aromatic nitrogens is 2. The van der Waals surface area contributed by atoms with Gasteiger partial charge in [0.25, 0.3) is 0 Å². The van der Waals surface area contributed by atoms with Crippen molar-refractivity contribution >= 4 is 32.7 Å².